The SMILES string of the molecule is CCOc1ccccc1/C=N/NC(=O)CSc1nc2ccccc2n1Cc1ccc(C)cc1. The number of hydrogen-bond acceptors (Lipinski definition) is 5. The van der Waals surface area contributed by atoms with Gasteiger partial charge in [-0.15, -0.1) is 0 Å². The number of hydrazone groups is 1. The smallest absolute Gasteiger partial charge is 0.250 e. The average Bonchev–Trinajstić information content (AvgIpc) is 3.18. The molecule has 0 atom stereocenters. The van der Waals surface area contributed by atoms with Gasteiger partial charge in [0.1, 0.15) is 5.75 Å². The molecular weight excluding hydrogens is 432 g/mol. The number of fused-ring (bicyclic) bond motifs is 1. The van der Waals surface area contributed by atoms with E-state index in [1.54, 1.807) is 6.21 Å². The van der Waals surface area contributed by atoms with E-state index in [1.165, 1.54) is 22.9 Å². The number of aryl methyl sites for hydroxylation is 1. The van der Waals surface area contributed by atoms with Crippen molar-refractivity contribution >= 4 is 34.9 Å². The largest absolute Gasteiger partial charge is 0.493 e. The summed E-state index contributed by atoms with van der Waals surface area (Å²) in [6.07, 6.45) is 1.60. The molecule has 0 aliphatic heterocycles. The lowest BCUT2D eigenvalue weighted by molar-refractivity contribution is -0.118. The molecule has 1 heterocycles. The van der Waals surface area contributed by atoms with E-state index < -0.39 is 0 Å². The van der Waals surface area contributed by atoms with Crippen LogP contribution in [0.2, 0.25) is 0 Å². The Bertz CT molecular complexity index is 1270. The first-order valence-electron chi connectivity index (χ1n) is 10.8. The summed E-state index contributed by atoms with van der Waals surface area (Å²) in [5, 5.41) is 4.90. The monoisotopic (exact) mass is 458 g/mol. The van der Waals surface area contributed by atoms with E-state index in [2.05, 4.69) is 52.3 Å². The highest BCUT2D eigenvalue weighted by Gasteiger charge is 2.13. The number of hydrogen-bond donors (Lipinski definition) is 1. The van der Waals surface area contributed by atoms with Crippen LogP contribution in [0.5, 0.6) is 5.75 Å². The predicted octanol–water partition coefficient (Wildman–Crippen LogP) is 5.03. The van der Waals surface area contributed by atoms with Crippen molar-refractivity contribution in [1.29, 1.82) is 0 Å². The standard InChI is InChI=1S/C26H26N4O2S/c1-3-32-24-11-7-4-8-21(24)16-27-29-25(31)18-33-26-28-22-9-5-6-10-23(22)30(26)17-20-14-12-19(2)13-15-20/h4-16H,3,17-18H2,1-2H3,(H,29,31)/b27-16+. The molecule has 1 N–H and O–H groups in total. The third-order valence-corrected chi connectivity index (χ3v) is 6.00. The van der Waals surface area contributed by atoms with Gasteiger partial charge in [-0.05, 0) is 43.7 Å². The maximum atomic E-state index is 12.4. The minimum absolute atomic E-state index is 0.195. The number of imidazole rings is 1. The average molecular weight is 459 g/mol. The molecule has 4 rings (SSSR count). The molecule has 7 heteroatoms. The molecule has 0 radical (unpaired) electrons. The van der Waals surface area contributed by atoms with Gasteiger partial charge < -0.3 is 9.30 Å². The van der Waals surface area contributed by atoms with Crippen molar-refractivity contribution in [3.8, 4) is 5.75 Å². The Hall–Kier alpha value is -3.58. The van der Waals surface area contributed by atoms with Crippen LogP contribution in [0.4, 0.5) is 0 Å². The Morgan fingerprint density at radius 3 is 2.67 bits per heavy atom. The first kappa shape index (κ1) is 22.6. The number of ether oxygens (including phenoxy) is 1. The second-order valence-corrected chi connectivity index (χ2v) is 8.45. The van der Waals surface area contributed by atoms with Gasteiger partial charge in [-0.3, -0.25) is 4.79 Å². The topological polar surface area (TPSA) is 68.5 Å². The fraction of sp³-hybridized carbons (Fsp3) is 0.192. The molecule has 3 aromatic carbocycles. The highest BCUT2D eigenvalue weighted by atomic mass is 32.2. The fourth-order valence-electron chi connectivity index (χ4n) is 3.40. The Kier molecular flexibility index (Phi) is 7.42. The number of para-hydroxylation sites is 3. The van der Waals surface area contributed by atoms with E-state index in [9.17, 15) is 4.79 Å². The van der Waals surface area contributed by atoms with Crippen molar-refractivity contribution in [3.63, 3.8) is 0 Å². The zero-order chi connectivity index (χ0) is 23.0. The van der Waals surface area contributed by atoms with Crippen LogP contribution in [-0.2, 0) is 11.3 Å². The second kappa shape index (κ2) is 10.8. The summed E-state index contributed by atoms with van der Waals surface area (Å²) in [5.74, 6) is 0.748. The Balaban J connectivity index is 1.43. The van der Waals surface area contributed by atoms with Crippen LogP contribution >= 0.6 is 11.8 Å². The van der Waals surface area contributed by atoms with Gasteiger partial charge in [-0.25, -0.2) is 10.4 Å². The maximum absolute atomic E-state index is 12.4. The Morgan fingerprint density at radius 2 is 1.85 bits per heavy atom. The Labute approximate surface area is 197 Å². The molecular formula is C26H26N4O2S. The number of nitrogens with one attached hydrogen (secondary N) is 1. The van der Waals surface area contributed by atoms with Crippen molar-refractivity contribution in [2.75, 3.05) is 12.4 Å². The minimum Gasteiger partial charge on any atom is -0.493 e. The quantitative estimate of drug-likeness (QED) is 0.217. The molecule has 0 unspecified atom stereocenters. The second-order valence-electron chi connectivity index (χ2n) is 7.51. The summed E-state index contributed by atoms with van der Waals surface area (Å²) < 4.78 is 7.73. The van der Waals surface area contributed by atoms with Gasteiger partial charge in [0.25, 0.3) is 5.91 Å². The van der Waals surface area contributed by atoms with Crippen LogP contribution < -0.4 is 10.2 Å². The molecule has 4 aromatic rings. The van der Waals surface area contributed by atoms with E-state index in [-0.39, 0.29) is 11.7 Å². The maximum Gasteiger partial charge on any atom is 0.250 e. The van der Waals surface area contributed by atoms with Gasteiger partial charge in [0.05, 0.1) is 36.2 Å². The summed E-state index contributed by atoms with van der Waals surface area (Å²) in [6.45, 7) is 5.27. The van der Waals surface area contributed by atoms with Gasteiger partial charge >= 0.3 is 0 Å². The van der Waals surface area contributed by atoms with Crippen molar-refractivity contribution in [2.24, 2.45) is 5.10 Å². The number of carbonyl (C=O) groups excluding carboxylic acids is 1. The van der Waals surface area contributed by atoms with Crippen LogP contribution in [0.1, 0.15) is 23.6 Å². The van der Waals surface area contributed by atoms with Crippen LogP contribution in [0.15, 0.2) is 83.1 Å². The molecule has 1 aromatic heterocycles. The summed E-state index contributed by atoms with van der Waals surface area (Å²) in [7, 11) is 0. The molecule has 1 amide bonds. The lowest BCUT2D eigenvalue weighted by atomic mass is 10.1. The zero-order valence-corrected chi connectivity index (χ0v) is 19.5. The molecule has 168 valence electrons. The molecule has 33 heavy (non-hydrogen) atoms. The van der Waals surface area contributed by atoms with Crippen molar-refractivity contribution in [2.45, 2.75) is 25.5 Å². The number of carbonyl (C=O) groups is 1. The van der Waals surface area contributed by atoms with Gasteiger partial charge in [0, 0.05) is 5.56 Å². The zero-order valence-electron chi connectivity index (χ0n) is 18.7. The van der Waals surface area contributed by atoms with E-state index in [0.717, 1.165) is 27.5 Å². The summed E-state index contributed by atoms with van der Waals surface area (Å²) in [5.41, 5.74) is 7.79. The lowest BCUT2D eigenvalue weighted by Gasteiger charge is -2.09. The number of rotatable bonds is 9. The lowest BCUT2D eigenvalue weighted by Crippen LogP contribution is -2.20. The van der Waals surface area contributed by atoms with Gasteiger partial charge in [0.15, 0.2) is 5.16 Å². The Morgan fingerprint density at radius 1 is 1.09 bits per heavy atom. The third-order valence-electron chi connectivity index (χ3n) is 5.02. The molecule has 0 saturated heterocycles. The molecule has 0 bridgehead atoms. The van der Waals surface area contributed by atoms with E-state index in [0.29, 0.717) is 13.2 Å². The number of benzene rings is 3. The number of nitrogens with zero attached hydrogens (tertiary/aromatic N) is 3. The first-order valence-corrected chi connectivity index (χ1v) is 11.8. The molecule has 0 saturated carbocycles. The highest BCUT2D eigenvalue weighted by molar-refractivity contribution is 7.99. The third kappa shape index (κ3) is 5.81. The minimum atomic E-state index is -0.195. The first-order chi connectivity index (χ1) is 16.1. The normalized spacial score (nSPS) is 11.2. The van der Waals surface area contributed by atoms with E-state index in [1.807, 2.05) is 49.4 Å². The summed E-state index contributed by atoms with van der Waals surface area (Å²) in [6, 6.07) is 24.1. The van der Waals surface area contributed by atoms with Gasteiger partial charge in [-0.2, -0.15) is 5.10 Å². The van der Waals surface area contributed by atoms with Crippen LogP contribution in [-0.4, -0.2) is 34.0 Å². The molecule has 0 fully saturated rings. The molecule has 0 aliphatic rings. The molecule has 6 nitrogen and oxygen atoms in total. The van der Waals surface area contributed by atoms with Crippen molar-refractivity contribution in [3.05, 3.63) is 89.5 Å². The van der Waals surface area contributed by atoms with Crippen LogP contribution in [0.3, 0.4) is 0 Å². The van der Waals surface area contributed by atoms with Gasteiger partial charge in [0.2, 0.25) is 0 Å². The number of amides is 1. The van der Waals surface area contributed by atoms with Crippen LogP contribution in [0, 0.1) is 6.92 Å². The summed E-state index contributed by atoms with van der Waals surface area (Å²) in [4.78, 5) is 17.2. The summed E-state index contributed by atoms with van der Waals surface area (Å²) >= 11 is 1.40. The van der Waals surface area contributed by atoms with Crippen molar-refractivity contribution in [1.82, 2.24) is 15.0 Å². The number of aromatic nitrogens is 2. The number of thioether (sulfide) groups is 1. The fourth-order valence-corrected chi connectivity index (χ4v) is 4.21. The predicted molar refractivity (Wildman–Crippen MR) is 134 cm³/mol. The highest BCUT2D eigenvalue weighted by Crippen LogP contribution is 2.25. The van der Waals surface area contributed by atoms with Crippen LogP contribution in [0.25, 0.3) is 11.0 Å². The van der Waals surface area contributed by atoms with E-state index in [4.69, 9.17) is 9.72 Å². The molecule has 0 aliphatic carbocycles. The van der Waals surface area contributed by atoms with Crippen molar-refractivity contribution < 1.29 is 9.53 Å². The van der Waals surface area contributed by atoms with Gasteiger partial charge in [-0.1, -0.05) is 65.9 Å². The van der Waals surface area contributed by atoms with E-state index >= 15 is 0 Å². The molecule has 0 spiro atoms.